The number of carboxylic acid groups (broad SMARTS) is 1. The molecule has 1 rings (SSSR count). The van der Waals surface area contributed by atoms with E-state index in [1.807, 2.05) is 0 Å². The van der Waals surface area contributed by atoms with Crippen molar-refractivity contribution in [1.29, 1.82) is 0 Å². The average molecular weight is 248 g/mol. The monoisotopic (exact) mass is 248 g/mol. The molecule has 1 aromatic heterocycles. The maximum absolute atomic E-state index is 12.3. The quantitative estimate of drug-likeness (QED) is 0.887. The lowest BCUT2D eigenvalue weighted by Gasteiger charge is -2.24. The van der Waals surface area contributed by atoms with Crippen molar-refractivity contribution < 1.29 is 23.1 Å². The molecule has 7 heteroatoms. The zero-order valence-corrected chi connectivity index (χ0v) is 9.03. The Hall–Kier alpha value is -1.79. The second-order valence-corrected chi connectivity index (χ2v) is 3.31. The zero-order chi connectivity index (χ0) is 13.1. The maximum atomic E-state index is 12.3. The van der Waals surface area contributed by atoms with Gasteiger partial charge in [0.1, 0.15) is 17.9 Å². The molecule has 17 heavy (non-hydrogen) atoms. The third-order valence-corrected chi connectivity index (χ3v) is 2.07. The van der Waals surface area contributed by atoms with E-state index in [9.17, 15) is 18.0 Å². The third kappa shape index (κ3) is 3.61. The van der Waals surface area contributed by atoms with Crippen LogP contribution in [-0.4, -0.2) is 35.3 Å². The minimum atomic E-state index is -4.40. The minimum absolute atomic E-state index is 0.0246. The number of carboxylic acids is 1. The highest BCUT2D eigenvalue weighted by atomic mass is 19.4. The van der Waals surface area contributed by atoms with Crippen molar-refractivity contribution in [3.8, 4) is 0 Å². The lowest BCUT2D eigenvalue weighted by molar-refractivity contribution is -0.119. The number of rotatable bonds is 4. The van der Waals surface area contributed by atoms with Crippen LogP contribution in [0.2, 0.25) is 0 Å². The number of hydrogen-bond donors (Lipinski definition) is 1. The summed E-state index contributed by atoms with van der Waals surface area (Å²) >= 11 is 0. The van der Waals surface area contributed by atoms with Crippen LogP contribution in [0.4, 0.5) is 19.0 Å². The Morgan fingerprint density at radius 3 is 2.65 bits per heavy atom. The van der Waals surface area contributed by atoms with Gasteiger partial charge in [0.25, 0.3) is 0 Å². The highest BCUT2D eigenvalue weighted by Crippen LogP contribution is 2.23. The van der Waals surface area contributed by atoms with Crippen molar-refractivity contribution in [3.63, 3.8) is 0 Å². The van der Waals surface area contributed by atoms with Crippen LogP contribution in [0.25, 0.3) is 0 Å². The Labute approximate surface area is 95.7 Å². The van der Waals surface area contributed by atoms with E-state index in [1.54, 1.807) is 0 Å². The maximum Gasteiger partial charge on any atom is 0.405 e. The summed E-state index contributed by atoms with van der Waals surface area (Å²) in [6, 6.07) is 2.60. The Kier molecular flexibility index (Phi) is 3.93. The van der Waals surface area contributed by atoms with Gasteiger partial charge in [0.2, 0.25) is 0 Å². The second kappa shape index (κ2) is 5.03. The molecule has 1 N–H and O–H groups in total. The highest BCUT2D eigenvalue weighted by molar-refractivity contribution is 5.93. The molecule has 0 unspecified atom stereocenters. The number of aromatic carboxylic acids is 1. The van der Waals surface area contributed by atoms with Crippen LogP contribution in [-0.2, 0) is 0 Å². The van der Waals surface area contributed by atoms with E-state index in [-0.39, 0.29) is 17.9 Å². The van der Waals surface area contributed by atoms with Gasteiger partial charge in [0.05, 0.1) is 0 Å². The summed E-state index contributed by atoms with van der Waals surface area (Å²) in [6.07, 6.45) is -3.13. The van der Waals surface area contributed by atoms with Gasteiger partial charge in [0, 0.05) is 12.7 Å². The van der Waals surface area contributed by atoms with Crippen LogP contribution in [0, 0.1) is 0 Å². The second-order valence-electron chi connectivity index (χ2n) is 3.31. The number of halogens is 3. The normalized spacial score (nSPS) is 11.3. The van der Waals surface area contributed by atoms with E-state index in [2.05, 4.69) is 4.98 Å². The standard InChI is InChI=1S/C10H11F3N2O2/c1-2-15(6-10(11,12)13)8-7(9(16)17)4-3-5-14-8/h3-5H,2,6H2,1H3,(H,16,17). The smallest absolute Gasteiger partial charge is 0.405 e. The predicted molar refractivity (Wildman–Crippen MR) is 55.1 cm³/mol. The van der Waals surface area contributed by atoms with Crippen LogP contribution in [0.1, 0.15) is 17.3 Å². The molecule has 0 radical (unpaired) electrons. The van der Waals surface area contributed by atoms with Crippen molar-refractivity contribution in [1.82, 2.24) is 4.98 Å². The largest absolute Gasteiger partial charge is 0.478 e. The molecule has 4 nitrogen and oxygen atoms in total. The SMILES string of the molecule is CCN(CC(F)(F)F)c1ncccc1C(=O)O. The summed E-state index contributed by atoms with van der Waals surface area (Å²) in [6.45, 7) is 0.309. The summed E-state index contributed by atoms with van der Waals surface area (Å²) in [5, 5.41) is 8.86. The molecule has 1 aromatic rings. The number of hydrogen-bond acceptors (Lipinski definition) is 3. The molecule has 0 aliphatic carbocycles. The summed E-state index contributed by atoms with van der Waals surface area (Å²) in [7, 11) is 0. The van der Waals surface area contributed by atoms with Gasteiger partial charge >= 0.3 is 12.1 Å². The molecule has 0 bridgehead atoms. The van der Waals surface area contributed by atoms with Crippen LogP contribution in [0.15, 0.2) is 18.3 Å². The molecule has 0 fully saturated rings. The molecule has 0 saturated heterocycles. The minimum Gasteiger partial charge on any atom is -0.478 e. The molecular formula is C10H11F3N2O2. The van der Waals surface area contributed by atoms with Crippen LogP contribution in [0.5, 0.6) is 0 Å². The molecular weight excluding hydrogens is 237 g/mol. The molecule has 0 aliphatic heterocycles. The van der Waals surface area contributed by atoms with E-state index in [0.717, 1.165) is 4.90 Å². The van der Waals surface area contributed by atoms with E-state index < -0.39 is 18.7 Å². The zero-order valence-electron chi connectivity index (χ0n) is 9.03. The fourth-order valence-electron chi connectivity index (χ4n) is 1.37. The van der Waals surface area contributed by atoms with Crippen molar-refractivity contribution >= 4 is 11.8 Å². The van der Waals surface area contributed by atoms with E-state index in [0.29, 0.717) is 0 Å². The van der Waals surface area contributed by atoms with Gasteiger partial charge in [-0.25, -0.2) is 9.78 Å². The van der Waals surface area contributed by atoms with Crippen LogP contribution < -0.4 is 4.90 Å². The molecule has 0 aromatic carbocycles. The summed E-state index contributed by atoms with van der Waals surface area (Å²) in [5.74, 6) is -1.46. The lowest BCUT2D eigenvalue weighted by atomic mass is 10.2. The Bertz CT molecular complexity index is 407. The fraction of sp³-hybridized carbons (Fsp3) is 0.400. The number of anilines is 1. The van der Waals surface area contributed by atoms with E-state index >= 15 is 0 Å². The Morgan fingerprint density at radius 1 is 1.53 bits per heavy atom. The van der Waals surface area contributed by atoms with Crippen molar-refractivity contribution in [2.45, 2.75) is 13.1 Å². The predicted octanol–water partition coefficient (Wildman–Crippen LogP) is 2.17. The van der Waals surface area contributed by atoms with Gasteiger partial charge in [-0.1, -0.05) is 0 Å². The first-order valence-electron chi connectivity index (χ1n) is 4.85. The summed E-state index contributed by atoms with van der Waals surface area (Å²) in [4.78, 5) is 15.4. The van der Waals surface area contributed by atoms with Gasteiger partial charge in [-0.05, 0) is 19.1 Å². The molecule has 94 valence electrons. The topological polar surface area (TPSA) is 53.4 Å². The number of aromatic nitrogens is 1. The molecule has 0 saturated carbocycles. The highest BCUT2D eigenvalue weighted by Gasteiger charge is 2.32. The van der Waals surface area contributed by atoms with Gasteiger partial charge in [-0.15, -0.1) is 0 Å². The Morgan fingerprint density at radius 2 is 2.18 bits per heavy atom. The van der Waals surface area contributed by atoms with Gasteiger partial charge < -0.3 is 10.0 Å². The first-order chi connectivity index (χ1) is 7.85. The van der Waals surface area contributed by atoms with Gasteiger partial charge in [0.15, 0.2) is 0 Å². The average Bonchev–Trinajstić information content (AvgIpc) is 2.24. The van der Waals surface area contributed by atoms with Crippen LogP contribution >= 0.6 is 0 Å². The molecule has 0 spiro atoms. The third-order valence-electron chi connectivity index (χ3n) is 2.07. The molecule has 0 amide bonds. The molecule has 1 heterocycles. The van der Waals surface area contributed by atoms with Crippen LogP contribution in [0.3, 0.4) is 0 Å². The fourth-order valence-corrected chi connectivity index (χ4v) is 1.37. The van der Waals surface area contributed by atoms with Crippen molar-refractivity contribution in [2.75, 3.05) is 18.0 Å². The van der Waals surface area contributed by atoms with E-state index in [4.69, 9.17) is 5.11 Å². The number of alkyl halides is 3. The summed E-state index contributed by atoms with van der Waals surface area (Å²) in [5.41, 5.74) is -0.237. The van der Waals surface area contributed by atoms with Crippen molar-refractivity contribution in [3.05, 3.63) is 23.9 Å². The number of carbonyl (C=O) groups is 1. The molecule has 0 aliphatic rings. The first-order valence-corrected chi connectivity index (χ1v) is 4.85. The van der Waals surface area contributed by atoms with E-state index in [1.165, 1.54) is 25.3 Å². The lowest BCUT2D eigenvalue weighted by Crippen LogP contribution is -2.35. The summed E-state index contributed by atoms with van der Waals surface area (Å²) < 4.78 is 36.9. The Balaban J connectivity index is 3.07. The van der Waals surface area contributed by atoms with Gasteiger partial charge in [-0.2, -0.15) is 13.2 Å². The number of nitrogens with zero attached hydrogens (tertiary/aromatic N) is 2. The van der Waals surface area contributed by atoms with Crippen molar-refractivity contribution in [2.24, 2.45) is 0 Å². The van der Waals surface area contributed by atoms with Gasteiger partial charge in [-0.3, -0.25) is 0 Å². The first kappa shape index (κ1) is 13.3. The molecule has 0 atom stereocenters. The number of pyridine rings is 1.